The molecule has 2 aromatic heterocycles. The van der Waals surface area contributed by atoms with Crippen LogP contribution in [-0.4, -0.2) is 35.9 Å². The number of aromatic nitrogens is 1. The van der Waals surface area contributed by atoms with Crippen molar-refractivity contribution in [3.05, 3.63) is 75.0 Å². The average Bonchev–Trinajstić information content (AvgIpc) is 3.39. The summed E-state index contributed by atoms with van der Waals surface area (Å²) in [5.74, 6) is -3.40. The zero-order valence-electron chi connectivity index (χ0n) is 20.2. The van der Waals surface area contributed by atoms with Gasteiger partial charge in [-0.15, -0.1) is 11.3 Å². The maximum absolute atomic E-state index is 14.2. The molecule has 3 heterocycles. The maximum atomic E-state index is 14.2. The minimum absolute atomic E-state index is 0.183. The van der Waals surface area contributed by atoms with E-state index >= 15 is 0 Å². The van der Waals surface area contributed by atoms with Crippen molar-refractivity contribution in [3.63, 3.8) is 0 Å². The highest BCUT2D eigenvalue weighted by molar-refractivity contribution is 7.10. The Morgan fingerprint density at radius 1 is 1.11 bits per heavy atom. The highest BCUT2D eigenvalue weighted by Gasteiger charge is 2.49. The van der Waals surface area contributed by atoms with Gasteiger partial charge in [0.25, 0.3) is 0 Å². The monoisotopic (exact) mass is 494 g/mol. The summed E-state index contributed by atoms with van der Waals surface area (Å²) in [5.41, 5.74) is 2.84. The van der Waals surface area contributed by atoms with E-state index in [1.54, 1.807) is 32.2 Å². The predicted octanol–water partition coefficient (Wildman–Crippen LogP) is 4.64. The summed E-state index contributed by atoms with van der Waals surface area (Å²) in [5, 5.41) is 5.36. The number of pyridine rings is 1. The minimum Gasteiger partial charge on any atom is -0.465 e. The van der Waals surface area contributed by atoms with Gasteiger partial charge < -0.3 is 14.8 Å². The Labute approximate surface area is 209 Å². The molecule has 0 spiro atoms. The molecule has 1 N–H and O–H groups in total. The molecule has 8 heteroatoms. The van der Waals surface area contributed by atoms with Crippen LogP contribution in [0.15, 0.2) is 64.4 Å². The first kappa shape index (κ1) is 24.9. The van der Waals surface area contributed by atoms with Gasteiger partial charge in [0, 0.05) is 34.0 Å². The lowest BCUT2D eigenvalue weighted by atomic mass is 9.68. The number of carbonyl (C=O) groups excluding carboxylic acids is 3. The molecule has 3 atom stereocenters. The first-order chi connectivity index (χ1) is 17.0. The zero-order valence-corrected chi connectivity index (χ0v) is 21.0. The second kappa shape index (κ2) is 11.0. The molecule has 0 bridgehead atoms. The third-order valence-electron chi connectivity index (χ3n) is 6.33. The molecule has 0 fully saturated rings. The summed E-state index contributed by atoms with van der Waals surface area (Å²) in [6.07, 6.45) is 3.52. The number of nitrogens with one attached hydrogen (secondary N) is 1. The summed E-state index contributed by atoms with van der Waals surface area (Å²) in [7, 11) is 0. The number of ketones is 1. The van der Waals surface area contributed by atoms with Gasteiger partial charge in [-0.05, 0) is 50.3 Å². The van der Waals surface area contributed by atoms with Crippen LogP contribution >= 0.6 is 11.3 Å². The first-order valence-electron chi connectivity index (χ1n) is 12.1. The third-order valence-corrected chi connectivity index (χ3v) is 7.34. The van der Waals surface area contributed by atoms with Crippen molar-refractivity contribution in [1.29, 1.82) is 0 Å². The van der Waals surface area contributed by atoms with E-state index in [1.807, 2.05) is 30.5 Å². The Balaban J connectivity index is 1.90. The normalized spacial score (nSPS) is 21.9. The van der Waals surface area contributed by atoms with Gasteiger partial charge in [0.05, 0.1) is 30.4 Å². The predicted molar refractivity (Wildman–Crippen MR) is 133 cm³/mol. The number of carbonyl (C=O) groups is 3. The van der Waals surface area contributed by atoms with Gasteiger partial charge >= 0.3 is 11.9 Å². The topological polar surface area (TPSA) is 94.6 Å². The molecule has 0 saturated carbocycles. The Hall–Kier alpha value is -3.26. The maximum Gasteiger partial charge on any atom is 0.336 e. The summed E-state index contributed by atoms with van der Waals surface area (Å²) in [4.78, 5) is 46.0. The Bertz CT molecular complexity index is 1150. The van der Waals surface area contributed by atoms with Crippen molar-refractivity contribution in [2.45, 2.75) is 51.9 Å². The number of allylic oxidation sites excluding steroid dienone is 3. The Morgan fingerprint density at radius 2 is 1.91 bits per heavy atom. The van der Waals surface area contributed by atoms with Crippen LogP contribution < -0.4 is 5.32 Å². The van der Waals surface area contributed by atoms with Gasteiger partial charge in [0.1, 0.15) is 5.92 Å². The van der Waals surface area contributed by atoms with E-state index < -0.39 is 23.8 Å². The zero-order chi connectivity index (χ0) is 24.9. The fraction of sp³-hybridized carbons (Fsp3) is 0.407. The molecular formula is C27H30N2O5S. The van der Waals surface area contributed by atoms with E-state index in [0.717, 1.165) is 22.7 Å². The second-order valence-corrected chi connectivity index (χ2v) is 9.47. The van der Waals surface area contributed by atoms with Crippen LogP contribution in [0.5, 0.6) is 0 Å². The number of Topliss-reactive ketones (excluding diaryl/α,β-unsaturated/α-hetero) is 1. The highest BCUT2D eigenvalue weighted by atomic mass is 32.1. The molecule has 2 aliphatic rings. The fourth-order valence-electron chi connectivity index (χ4n) is 4.96. The van der Waals surface area contributed by atoms with Gasteiger partial charge in [0.15, 0.2) is 5.78 Å². The van der Waals surface area contributed by atoms with Gasteiger partial charge in [-0.3, -0.25) is 14.6 Å². The van der Waals surface area contributed by atoms with Crippen LogP contribution in [0, 0.1) is 5.92 Å². The standard InChI is InChI=1S/C27H30N2O5S/c1-4-10-18-24(27(32)34-6-3)22(17-11-7-8-13-28-17)23-19(29-18)15-16(20-12-9-14-35-20)21(25(23)30)26(31)33-5-2/h7-9,11-14,16,21-22,29H,4-6,10,15H2,1-3H3/t16-,21+,22+/m0/s1. The molecule has 2 aromatic rings. The fourth-order valence-corrected chi connectivity index (χ4v) is 5.83. The third kappa shape index (κ3) is 4.80. The van der Waals surface area contributed by atoms with Crippen molar-refractivity contribution in [3.8, 4) is 0 Å². The number of nitrogens with zero attached hydrogens (tertiary/aromatic N) is 1. The lowest BCUT2D eigenvalue weighted by Crippen LogP contribution is -2.43. The number of hydrogen-bond acceptors (Lipinski definition) is 8. The molecular weight excluding hydrogens is 464 g/mol. The van der Waals surface area contributed by atoms with Crippen LogP contribution in [0.1, 0.15) is 62.4 Å². The van der Waals surface area contributed by atoms with E-state index in [1.165, 1.54) is 11.3 Å². The molecule has 7 nitrogen and oxygen atoms in total. The molecule has 0 radical (unpaired) electrons. The van der Waals surface area contributed by atoms with E-state index in [2.05, 4.69) is 10.3 Å². The quantitative estimate of drug-likeness (QED) is 0.422. The molecule has 184 valence electrons. The number of esters is 2. The molecule has 4 rings (SSSR count). The molecule has 1 aliphatic heterocycles. The molecule has 0 saturated heterocycles. The molecule has 0 unspecified atom stereocenters. The van der Waals surface area contributed by atoms with Crippen LogP contribution in [-0.2, 0) is 23.9 Å². The van der Waals surface area contributed by atoms with Crippen molar-refractivity contribution in [2.75, 3.05) is 13.2 Å². The van der Waals surface area contributed by atoms with Crippen molar-refractivity contribution >= 4 is 29.1 Å². The molecule has 35 heavy (non-hydrogen) atoms. The van der Waals surface area contributed by atoms with Gasteiger partial charge in [-0.25, -0.2) is 4.79 Å². The minimum atomic E-state index is -0.989. The Kier molecular flexibility index (Phi) is 7.80. The number of dihydropyridines is 1. The number of ether oxygens (including phenoxy) is 2. The van der Waals surface area contributed by atoms with E-state index in [9.17, 15) is 14.4 Å². The lowest BCUT2D eigenvalue weighted by Gasteiger charge is -2.39. The average molecular weight is 495 g/mol. The summed E-state index contributed by atoms with van der Waals surface area (Å²) in [6, 6.07) is 9.30. The highest BCUT2D eigenvalue weighted by Crippen LogP contribution is 2.48. The summed E-state index contributed by atoms with van der Waals surface area (Å²) >= 11 is 1.52. The SMILES string of the molecule is CCCC1=C(C(=O)OCC)[C@H](c2ccccn2)C2=C(C[C@@H](c3cccs3)[C@@H](C(=O)OCC)C2=O)N1. The largest absolute Gasteiger partial charge is 0.465 e. The van der Waals surface area contributed by atoms with Crippen molar-refractivity contribution in [2.24, 2.45) is 5.92 Å². The number of rotatable bonds is 8. The number of hydrogen-bond donors (Lipinski definition) is 1. The van der Waals surface area contributed by atoms with Crippen LogP contribution in [0.3, 0.4) is 0 Å². The van der Waals surface area contributed by atoms with E-state index in [0.29, 0.717) is 29.7 Å². The smallest absolute Gasteiger partial charge is 0.336 e. The van der Waals surface area contributed by atoms with Gasteiger partial charge in [-0.2, -0.15) is 0 Å². The van der Waals surface area contributed by atoms with Crippen LogP contribution in [0.2, 0.25) is 0 Å². The summed E-state index contributed by atoms with van der Waals surface area (Å²) in [6.45, 7) is 5.91. The molecule has 1 aliphatic carbocycles. The van der Waals surface area contributed by atoms with Crippen LogP contribution in [0.4, 0.5) is 0 Å². The first-order valence-corrected chi connectivity index (χ1v) is 12.9. The second-order valence-electron chi connectivity index (χ2n) is 8.49. The Morgan fingerprint density at radius 3 is 2.54 bits per heavy atom. The molecule has 0 amide bonds. The van der Waals surface area contributed by atoms with Gasteiger partial charge in [0.2, 0.25) is 0 Å². The van der Waals surface area contributed by atoms with E-state index in [4.69, 9.17) is 9.47 Å². The molecule has 0 aromatic carbocycles. The lowest BCUT2D eigenvalue weighted by molar-refractivity contribution is -0.152. The van der Waals surface area contributed by atoms with Gasteiger partial charge in [-0.1, -0.05) is 25.5 Å². The van der Waals surface area contributed by atoms with E-state index in [-0.39, 0.29) is 24.9 Å². The van der Waals surface area contributed by atoms with Crippen molar-refractivity contribution < 1.29 is 23.9 Å². The van der Waals surface area contributed by atoms with Crippen LogP contribution in [0.25, 0.3) is 0 Å². The number of thiophene rings is 1. The van der Waals surface area contributed by atoms with Crippen molar-refractivity contribution in [1.82, 2.24) is 10.3 Å². The summed E-state index contributed by atoms with van der Waals surface area (Å²) < 4.78 is 10.8.